The molecule has 4 aliphatic carbocycles. The summed E-state index contributed by atoms with van der Waals surface area (Å²) in [5.41, 5.74) is -0.0144. The normalized spacial score (nSPS) is 27.0. The maximum absolute atomic E-state index is 12.9. The van der Waals surface area contributed by atoms with Crippen molar-refractivity contribution in [1.29, 1.82) is 0 Å². The van der Waals surface area contributed by atoms with Gasteiger partial charge in [0.25, 0.3) is 5.91 Å². The van der Waals surface area contributed by atoms with E-state index in [2.05, 4.69) is 10.6 Å². The van der Waals surface area contributed by atoms with Gasteiger partial charge >= 0.3 is 6.18 Å². The number of benzene rings is 2. The minimum Gasteiger partial charge on any atom is -0.350 e. The van der Waals surface area contributed by atoms with Crippen LogP contribution in [0.4, 0.5) is 13.2 Å². The van der Waals surface area contributed by atoms with Crippen molar-refractivity contribution in [3.8, 4) is 0 Å². The number of carbonyl (C=O) groups excluding carboxylic acids is 2. The predicted octanol–water partition coefficient (Wildman–Crippen LogP) is 5.81. The molecule has 0 aliphatic heterocycles. The van der Waals surface area contributed by atoms with Crippen molar-refractivity contribution in [2.24, 2.45) is 17.8 Å². The molecule has 2 N–H and O–H groups in total. The lowest BCUT2D eigenvalue weighted by Gasteiger charge is -2.56. The van der Waals surface area contributed by atoms with E-state index in [1.807, 2.05) is 6.07 Å². The zero-order chi connectivity index (χ0) is 24.6. The summed E-state index contributed by atoms with van der Waals surface area (Å²) in [6.45, 7) is -0.0196. The van der Waals surface area contributed by atoms with Crippen molar-refractivity contribution < 1.29 is 22.8 Å². The number of hydrogen-bond donors (Lipinski definition) is 2. The maximum atomic E-state index is 12.9. The van der Waals surface area contributed by atoms with Crippen molar-refractivity contribution in [2.75, 3.05) is 5.75 Å². The van der Waals surface area contributed by atoms with E-state index < -0.39 is 11.7 Å². The van der Waals surface area contributed by atoms with Crippen LogP contribution in [0.25, 0.3) is 0 Å². The summed E-state index contributed by atoms with van der Waals surface area (Å²) in [4.78, 5) is 26.4. The van der Waals surface area contributed by atoms with Gasteiger partial charge in [0.2, 0.25) is 5.91 Å². The number of thioether (sulfide) groups is 1. The van der Waals surface area contributed by atoms with Crippen LogP contribution in [-0.4, -0.2) is 23.1 Å². The van der Waals surface area contributed by atoms with Crippen molar-refractivity contribution >= 4 is 23.6 Å². The standard InChI is InChI=1S/C27H29F3N2O2S/c28-27(29,30)21-5-3-4-17(11-21)15-31-25(34)22-6-1-2-7-23(22)35-16-24(33)32-26-12-18-8-19(13-26)10-20(9-18)14-26/h1-7,11,18-20H,8-10,12-16H2,(H,31,34)(H,32,33). The lowest BCUT2D eigenvalue weighted by atomic mass is 9.53. The van der Waals surface area contributed by atoms with Crippen LogP contribution in [-0.2, 0) is 17.5 Å². The Morgan fingerprint density at radius 3 is 2.26 bits per heavy atom. The fraction of sp³-hybridized carbons (Fsp3) is 0.481. The van der Waals surface area contributed by atoms with E-state index in [0.717, 1.165) is 49.1 Å². The SMILES string of the molecule is O=C(CSc1ccccc1C(=O)NCc1cccc(C(F)(F)F)c1)NC12CC3CC(CC(C3)C1)C2. The van der Waals surface area contributed by atoms with E-state index in [-0.39, 0.29) is 29.7 Å². The molecule has 0 spiro atoms. The van der Waals surface area contributed by atoms with Crippen LogP contribution in [0.15, 0.2) is 53.4 Å². The molecule has 0 saturated heterocycles. The molecule has 2 aromatic carbocycles. The Morgan fingerprint density at radius 2 is 1.60 bits per heavy atom. The molecule has 0 aromatic heterocycles. The Kier molecular flexibility index (Phi) is 6.59. The van der Waals surface area contributed by atoms with Gasteiger partial charge in [-0.2, -0.15) is 13.2 Å². The predicted molar refractivity (Wildman–Crippen MR) is 129 cm³/mol. The molecule has 4 aliphatic rings. The minimum absolute atomic E-state index is 0.00359. The first-order valence-corrected chi connectivity index (χ1v) is 13.1. The summed E-state index contributed by atoms with van der Waals surface area (Å²) in [7, 11) is 0. The third-order valence-electron chi connectivity index (χ3n) is 7.64. The third-order valence-corrected chi connectivity index (χ3v) is 8.71. The highest BCUT2D eigenvalue weighted by Gasteiger charge is 2.51. The summed E-state index contributed by atoms with van der Waals surface area (Å²) < 4.78 is 38.8. The van der Waals surface area contributed by atoms with E-state index in [1.165, 1.54) is 37.1 Å². The number of hydrogen-bond acceptors (Lipinski definition) is 3. The first-order chi connectivity index (χ1) is 16.7. The lowest BCUT2D eigenvalue weighted by molar-refractivity contribution is -0.137. The summed E-state index contributed by atoms with van der Waals surface area (Å²) in [5.74, 6) is 2.07. The van der Waals surface area contributed by atoms with Gasteiger partial charge in [0, 0.05) is 17.0 Å². The van der Waals surface area contributed by atoms with Gasteiger partial charge in [-0.05, 0) is 86.1 Å². The topological polar surface area (TPSA) is 58.2 Å². The molecule has 4 saturated carbocycles. The van der Waals surface area contributed by atoms with Crippen LogP contribution in [0.2, 0.25) is 0 Å². The van der Waals surface area contributed by atoms with Crippen LogP contribution in [0.5, 0.6) is 0 Å². The Morgan fingerprint density at radius 1 is 0.943 bits per heavy atom. The monoisotopic (exact) mass is 502 g/mol. The zero-order valence-corrected chi connectivity index (χ0v) is 20.2. The summed E-state index contributed by atoms with van der Waals surface area (Å²) >= 11 is 1.32. The number of alkyl halides is 3. The second-order valence-corrected chi connectivity index (χ2v) is 11.4. The van der Waals surface area contributed by atoms with Crippen LogP contribution in [0.1, 0.15) is 60.0 Å². The van der Waals surface area contributed by atoms with Gasteiger partial charge in [-0.3, -0.25) is 9.59 Å². The maximum Gasteiger partial charge on any atom is 0.416 e. The second-order valence-electron chi connectivity index (χ2n) is 10.4. The van der Waals surface area contributed by atoms with E-state index in [0.29, 0.717) is 16.0 Å². The molecular formula is C27H29F3N2O2S. The number of nitrogens with one attached hydrogen (secondary N) is 2. The van der Waals surface area contributed by atoms with Gasteiger partial charge < -0.3 is 10.6 Å². The molecule has 4 bridgehead atoms. The minimum atomic E-state index is -4.43. The van der Waals surface area contributed by atoms with E-state index in [9.17, 15) is 22.8 Å². The van der Waals surface area contributed by atoms with Gasteiger partial charge in [-0.15, -0.1) is 11.8 Å². The van der Waals surface area contributed by atoms with Gasteiger partial charge in [-0.1, -0.05) is 24.3 Å². The lowest BCUT2D eigenvalue weighted by Crippen LogP contribution is -2.60. The number of halogens is 3. The van der Waals surface area contributed by atoms with E-state index >= 15 is 0 Å². The van der Waals surface area contributed by atoms with Gasteiger partial charge in [-0.25, -0.2) is 0 Å². The highest BCUT2D eigenvalue weighted by atomic mass is 32.2. The van der Waals surface area contributed by atoms with Gasteiger partial charge in [0.05, 0.1) is 16.9 Å². The summed E-state index contributed by atoms with van der Waals surface area (Å²) in [6.07, 6.45) is 2.77. The van der Waals surface area contributed by atoms with Crippen LogP contribution in [0, 0.1) is 17.8 Å². The quantitative estimate of drug-likeness (QED) is 0.470. The third kappa shape index (κ3) is 5.52. The molecule has 0 unspecified atom stereocenters. The zero-order valence-electron chi connectivity index (χ0n) is 19.4. The fourth-order valence-corrected chi connectivity index (χ4v) is 7.50. The van der Waals surface area contributed by atoms with Crippen LogP contribution >= 0.6 is 11.8 Å². The van der Waals surface area contributed by atoms with Gasteiger partial charge in [0.15, 0.2) is 0 Å². The molecule has 4 fully saturated rings. The van der Waals surface area contributed by atoms with Crippen molar-refractivity contribution in [2.45, 2.75) is 61.7 Å². The van der Waals surface area contributed by atoms with Crippen LogP contribution < -0.4 is 10.6 Å². The summed E-state index contributed by atoms with van der Waals surface area (Å²) in [5, 5.41) is 6.06. The molecular weight excluding hydrogens is 473 g/mol. The van der Waals surface area contributed by atoms with Crippen molar-refractivity contribution in [1.82, 2.24) is 10.6 Å². The Hall–Kier alpha value is -2.48. The summed E-state index contributed by atoms with van der Waals surface area (Å²) in [6, 6.07) is 11.9. The molecule has 2 aromatic rings. The highest BCUT2D eigenvalue weighted by Crippen LogP contribution is 2.55. The average Bonchev–Trinajstić information content (AvgIpc) is 2.80. The average molecular weight is 503 g/mol. The molecule has 4 nitrogen and oxygen atoms in total. The Labute approximate surface area is 207 Å². The molecule has 0 heterocycles. The number of amides is 2. The largest absolute Gasteiger partial charge is 0.416 e. The first-order valence-electron chi connectivity index (χ1n) is 12.2. The Balaban J connectivity index is 1.18. The molecule has 35 heavy (non-hydrogen) atoms. The number of rotatable bonds is 7. The second kappa shape index (κ2) is 9.52. The molecule has 6 rings (SSSR count). The first kappa shape index (κ1) is 24.2. The molecule has 2 amide bonds. The van der Waals surface area contributed by atoms with Crippen molar-refractivity contribution in [3.05, 3.63) is 65.2 Å². The van der Waals surface area contributed by atoms with E-state index in [4.69, 9.17) is 0 Å². The fourth-order valence-electron chi connectivity index (χ4n) is 6.65. The van der Waals surface area contributed by atoms with Crippen LogP contribution in [0.3, 0.4) is 0 Å². The molecule has 186 valence electrons. The molecule has 0 radical (unpaired) electrons. The van der Waals surface area contributed by atoms with Gasteiger partial charge in [0.1, 0.15) is 0 Å². The smallest absolute Gasteiger partial charge is 0.350 e. The van der Waals surface area contributed by atoms with Crippen molar-refractivity contribution in [3.63, 3.8) is 0 Å². The van der Waals surface area contributed by atoms with E-state index in [1.54, 1.807) is 24.3 Å². The molecule has 8 heteroatoms. The Bertz CT molecular complexity index is 1080. The molecule has 0 atom stereocenters. The number of carbonyl (C=O) groups is 2. The highest BCUT2D eigenvalue weighted by molar-refractivity contribution is 8.00.